The lowest BCUT2D eigenvalue weighted by molar-refractivity contribution is -0.140. The molecule has 2 saturated heterocycles. The fourth-order valence-corrected chi connectivity index (χ4v) is 4.76. The van der Waals surface area contributed by atoms with Crippen LogP contribution in [0.3, 0.4) is 0 Å². The zero-order valence-corrected chi connectivity index (χ0v) is 15.8. The van der Waals surface area contributed by atoms with Crippen LogP contribution in [0.5, 0.6) is 0 Å². The summed E-state index contributed by atoms with van der Waals surface area (Å²) in [6.07, 6.45) is 3.15. The normalized spacial score (nSPS) is 25.3. The summed E-state index contributed by atoms with van der Waals surface area (Å²) in [6, 6.07) is -0.657. The molecule has 26 heavy (non-hydrogen) atoms. The molecule has 2 aliphatic rings. The Labute approximate surface area is 157 Å². The quantitative estimate of drug-likeness (QED) is 0.231. The molecule has 4 unspecified atom stereocenters. The zero-order chi connectivity index (χ0) is 19.1. The third-order valence-corrected chi connectivity index (χ3v) is 6.32. The van der Waals surface area contributed by atoms with Crippen LogP contribution in [0.15, 0.2) is 0 Å². The van der Waals surface area contributed by atoms with Gasteiger partial charge in [-0.1, -0.05) is 6.42 Å². The van der Waals surface area contributed by atoms with E-state index in [4.69, 9.17) is 10.2 Å². The highest BCUT2D eigenvalue weighted by Crippen LogP contribution is 2.33. The molecule has 0 spiro atoms. The molecule has 4 atom stereocenters. The molecule has 2 rings (SSSR count). The standard InChI is InChI=1S/C16H28N4O5S/c1-20(7-6-17-10(8-21)15(23)24)13(22)5-3-2-4-12-14-11(9-26-12)18-16(25)19-14/h10-12,14,17,21H,2-9H2,1H3,(H,23,24)(H2,18,19,25). The van der Waals surface area contributed by atoms with E-state index < -0.39 is 18.6 Å². The van der Waals surface area contributed by atoms with Crippen molar-refractivity contribution in [3.05, 3.63) is 0 Å². The topological polar surface area (TPSA) is 131 Å². The van der Waals surface area contributed by atoms with E-state index in [1.165, 1.54) is 0 Å². The van der Waals surface area contributed by atoms with Crippen molar-refractivity contribution in [2.45, 2.75) is 49.1 Å². The van der Waals surface area contributed by atoms with Crippen molar-refractivity contribution >= 4 is 29.7 Å². The number of hydrogen-bond acceptors (Lipinski definition) is 6. The molecule has 0 bridgehead atoms. The second-order valence-electron chi connectivity index (χ2n) is 6.71. The van der Waals surface area contributed by atoms with Crippen LogP contribution < -0.4 is 16.0 Å². The van der Waals surface area contributed by atoms with Gasteiger partial charge in [-0.3, -0.25) is 9.59 Å². The number of unbranched alkanes of at least 4 members (excludes halogenated alkanes) is 1. The second kappa shape index (κ2) is 9.98. The summed E-state index contributed by atoms with van der Waals surface area (Å²) in [5.41, 5.74) is 0. The second-order valence-corrected chi connectivity index (χ2v) is 7.98. The summed E-state index contributed by atoms with van der Waals surface area (Å²) >= 11 is 1.87. The van der Waals surface area contributed by atoms with Gasteiger partial charge < -0.3 is 31.1 Å². The maximum Gasteiger partial charge on any atom is 0.323 e. The SMILES string of the molecule is CN(CCNC(CO)C(=O)O)C(=O)CCCCC1SCC2NC(=O)NC21. The number of carboxylic acid groups (broad SMARTS) is 1. The first kappa shape index (κ1) is 20.8. The zero-order valence-electron chi connectivity index (χ0n) is 14.9. The minimum absolute atomic E-state index is 0.0236. The van der Waals surface area contributed by atoms with E-state index in [1.54, 1.807) is 11.9 Å². The molecule has 2 aliphatic heterocycles. The summed E-state index contributed by atoms with van der Waals surface area (Å²) in [5.74, 6) is -0.147. The monoisotopic (exact) mass is 388 g/mol. The van der Waals surface area contributed by atoms with Crippen LogP contribution >= 0.6 is 11.8 Å². The van der Waals surface area contributed by atoms with E-state index in [1.807, 2.05) is 11.8 Å². The highest BCUT2D eigenvalue weighted by molar-refractivity contribution is 8.00. The Kier molecular flexibility index (Phi) is 7.98. The number of carboxylic acids is 1. The third-order valence-electron chi connectivity index (χ3n) is 4.81. The molecule has 0 aliphatic carbocycles. The number of nitrogens with zero attached hydrogens (tertiary/aromatic N) is 1. The molecule has 0 aromatic carbocycles. The van der Waals surface area contributed by atoms with E-state index in [9.17, 15) is 14.4 Å². The Hall–Kier alpha value is -1.52. The Morgan fingerprint density at radius 2 is 2.15 bits per heavy atom. The van der Waals surface area contributed by atoms with Gasteiger partial charge in [0.1, 0.15) is 6.04 Å². The van der Waals surface area contributed by atoms with Crippen LogP contribution in [0, 0.1) is 0 Å². The van der Waals surface area contributed by atoms with Crippen LogP contribution in [0.25, 0.3) is 0 Å². The first-order valence-electron chi connectivity index (χ1n) is 8.92. The Morgan fingerprint density at radius 3 is 2.85 bits per heavy atom. The van der Waals surface area contributed by atoms with Crippen LogP contribution in [0.2, 0.25) is 0 Å². The first-order valence-corrected chi connectivity index (χ1v) is 9.97. The molecule has 2 fully saturated rings. The van der Waals surface area contributed by atoms with Crippen molar-refractivity contribution in [3.8, 4) is 0 Å². The molecule has 0 aromatic rings. The third kappa shape index (κ3) is 5.75. The first-order chi connectivity index (χ1) is 12.4. The number of likely N-dealkylation sites (N-methyl/N-ethyl adjacent to an activating group) is 1. The van der Waals surface area contributed by atoms with Gasteiger partial charge >= 0.3 is 12.0 Å². The van der Waals surface area contributed by atoms with Crippen LogP contribution in [0.4, 0.5) is 4.79 Å². The molecule has 0 saturated carbocycles. The van der Waals surface area contributed by atoms with E-state index in [0.29, 0.717) is 24.8 Å². The van der Waals surface area contributed by atoms with Crippen LogP contribution in [-0.2, 0) is 9.59 Å². The maximum absolute atomic E-state index is 12.1. The summed E-state index contributed by atoms with van der Waals surface area (Å²) < 4.78 is 0. The summed E-state index contributed by atoms with van der Waals surface area (Å²) in [6.45, 7) is 0.223. The predicted molar refractivity (Wildman–Crippen MR) is 98.1 cm³/mol. The Balaban J connectivity index is 1.57. The number of rotatable bonds is 11. The number of thioether (sulfide) groups is 1. The van der Waals surface area contributed by atoms with Crippen molar-refractivity contribution < 1.29 is 24.6 Å². The number of aliphatic hydroxyl groups is 1. The molecule has 10 heteroatoms. The molecule has 3 amide bonds. The van der Waals surface area contributed by atoms with Gasteiger partial charge in [-0.2, -0.15) is 11.8 Å². The van der Waals surface area contributed by atoms with Gasteiger partial charge in [-0.25, -0.2) is 4.79 Å². The summed E-state index contributed by atoms with van der Waals surface area (Å²) in [7, 11) is 1.69. The smallest absolute Gasteiger partial charge is 0.323 e. The molecule has 148 valence electrons. The number of carbonyl (C=O) groups is 3. The van der Waals surface area contributed by atoms with Gasteiger partial charge in [0.25, 0.3) is 0 Å². The van der Waals surface area contributed by atoms with Gasteiger partial charge in [-0.05, 0) is 12.8 Å². The number of hydrogen-bond donors (Lipinski definition) is 5. The minimum atomic E-state index is -1.11. The molecular formula is C16H28N4O5S. The average Bonchev–Trinajstić information content (AvgIpc) is 3.14. The molecule has 9 nitrogen and oxygen atoms in total. The number of aliphatic carboxylic acids is 1. The van der Waals surface area contributed by atoms with Crippen LogP contribution in [-0.4, -0.2) is 88.9 Å². The van der Waals surface area contributed by atoms with Gasteiger partial charge in [0, 0.05) is 37.6 Å². The largest absolute Gasteiger partial charge is 0.480 e. The van der Waals surface area contributed by atoms with E-state index >= 15 is 0 Å². The lowest BCUT2D eigenvalue weighted by Gasteiger charge is -2.19. The van der Waals surface area contributed by atoms with Crippen molar-refractivity contribution in [1.82, 2.24) is 20.9 Å². The number of urea groups is 1. The maximum atomic E-state index is 12.1. The summed E-state index contributed by atoms with van der Waals surface area (Å²) in [5, 5.41) is 26.7. The van der Waals surface area contributed by atoms with E-state index in [-0.39, 0.29) is 24.0 Å². The lowest BCUT2D eigenvalue weighted by atomic mass is 10.0. The lowest BCUT2D eigenvalue weighted by Crippen LogP contribution is -2.43. The fraction of sp³-hybridized carbons (Fsp3) is 0.812. The van der Waals surface area contributed by atoms with Gasteiger partial charge in [0.05, 0.1) is 18.7 Å². The molecule has 0 radical (unpaired) electrons. The average molecular weight is 388 g/mol. The molecule has 0 aromatic heterocycles. The van der Waals surface area contributed by atoms with Crippen molar-refractivity contribution in [2.24, 2.45) is 0 Å². The summed E-state index contributed by atoms with van der Waals surface area (Å²) in [4.78, 5) is 35.8. The van der Waals surface area contributed by atoms with Crippen molar-refractivity contribution in [1.29, 1.82) is 0 Å². The van der Waals surface area contributed by atoms with Crippen molar-refractivity contribution in [3.63, 3.8) is 0 Å². The number of amides is 3. The highest BCUT2D eigenvalue weighted by Gasteiger charge is 2.42. The number of nitrogens with one attached hydrogen (secondary N) is 3. The molecule has 5 N–H and O–H groups in total. The van der Waals surface area contributed by atoms with Gasteiger partial charge in [0.15, 0.2) is 0 Å². The fourth-order valence-electron chi connectivity index (χ4n) is 3.22. The van der Waals surface area contributed by atoms with Gasteiger partial charge in [0.2, 0.25) is 5.91 Å². The Bertz CT molecular complexity index is 521. The molecular weight excluding hydrogens is 360 g/mol. The number of aliphatic hydroxyl groups excluding tert-OH is 1. The van der Waals surface area contributed by atoms with E-state index in [0.717, 1.165) is 25.0 Å². The number of fused-ring (bicyclic) bond motifs is 1. The highest BCUT2D eigenvalue weighted by atomic mass is 32.2. The van der Waals surface area contributed by atoms with Gasteiger partial charge in [-0.15, -0.1) is 0 Å². The minimum Gasteiger partial charge on any atom is -0.480 e. The van der Waals surface area contributed by atoms with Crippen LogP contribution in [0.1, 0.15) is 25.7 Å². The van der Waals surface area contributed by atoms with Crippen molar-refractivity contribution in [2.75, 3.05) is 32.5 Å². The predicted octanol–water partition coefficient (Wildman–Crippen LogP) is -0.794. The Morgan fingerprint density at radius 1 is 1.38 bits per heavy atom. The van der Waals surface area contributed by atoms with E-state index in [2.05, 4.69) is 16.0 Å². The number of carbonyl (C=O) groups excluding carboxylic acids is 2. The molecule has 2 heterocycles.